The number of carbonyl (C=O) groups excluding carboxylic acids is 1. The quantitative estimate of drug-likeness (QED) is 0.755. The number of nitrogens with one attached hydrogen (secondary N) is 1. The third-order valence-corrected chi connectivity index (χ3v) is 5.06. The summed E-state index contributed by atoms with van der Waals surface area (Å²) in [6, 6.07) is 12.4. The molecule has 6 nitrogen and oxygen atoms in total. The second-order valence-electron chi connectivity index (χ2n) is 7.13. The van der Waals surface area contributed by atoms with Gasteiger partial charge in [0.15, 0.2) is 5.65 Å². The first kappa shape index (κ1) is 17.7. The molecule has 0 saturated carbocycles. The Balaban J connectivity index is 1.52. The molecule has 3 aromatic rings. The molecule has 1 aromatic carbocycles. The highest BCUT2D eigenvalue weighted by atomic mass is 16.5. The molecular weight excluding hydrogens is 340 g/mol. The molecule has 1 aliphatic rings. The maximum atomic E-state index is 11.6. The Kier molecular flexibility index (Phi) is 5.16. The van der Waals surface area contributed by atoms with Gasteiger partial charge in [-0.15, -0.1) is 0 Å². The van der Waals surface area contributed by atoms with Gasteiger partial charge in [-0.2, -0.15) is 5.10 Å². The van der Waals surface area contributed by atoms with Gasteiger partial charge in [-0.05, 0) is 37.3 Å². The van der Waals surface area contributed by atoms with Crippen LogP contribution in [-0.2, 0) is 16.0 Å². The second kappa shape index (κ2) is 7.88. The molecule has 0 spiro atoms. The molecule has 2 aromatic heterocycles. The zero-order valence-corrected chi connectivity index (χ0v) is 15.4. The van der Waals surface area contributed by atoms with Gasteiger partial charge in [0.25, 0.3) is 0 Å². The number of ether oxygens (including phenoxy) is 1. The Morgan fingerprint density at radius 1 is 1.26 bits per heavy atom. The van der Waals surface area contributed by atoms with Crippen LogP contribution in [0.5, 0.6) is 0 Å². The molecule has 0 radical (unpaired) electrons. The smallest absolute Gasteiger partial charge is 0.217 e. The van der Waals surface area contributed by atoms with Gasteiger partial charge >= 0.3 is 0 Å². The highest BCUT2D eigenvalue weighted by molar-refractivity contribution is 5.73. The topological polar surface area (TPSA) is 68.5 Å². The van der Waals surface area contributed by atoms with Crippen LogP contribution < -0.4 is 5.32 Å². The van der Waals surface area contributed by atoms with Crippen molar-refractivity contribution in [1.29, 1.82) is 0 Å². The minimum atomic E-state index is -0.122. The predicted octanol–water partition coefficient (Wildman–Crippen LogP) is 3.09. The molecule has 1 fully saturated rings. The maximum absolute atomic E-state index is 11.6. The standard InChI is InChI=1S/C21H24N4O2/c1-15(26)24-17-12-18(9-8-16-6-3-2-4-7-16)27-20(13-17)19-14-23-25-11-5-10-22-21(19)25/h2-7,10-11,14,17-18,20H,8-9,12-13H2,1H3,(H,24,26)/t17-,18+,20+/m0/s1. The van der Waals surface area contributed by atoms with E-state index in [1.54, 1.807) is 17.6 Å². The van der Waals surface area contributed by atoms with E-state index in [0.29, 0.717) is 0 Å². The van der Waals surface area contributed by atoms with Gasteiger partial charge in [-0.25, -0.2) is 9.50 Å². The van der Waals surface area contributed by atoms with Gasteiger partial charge in [-0.1, -0.05) is 30.3 Å². The first-order valence-electron chi connectivity index (χ1n) is 9.44. The monoisotopic (exact) mass is 364 g/mol. The average Bonchev–Trinajstić information content (AvgIpc) is 3.11. The fourth-order valence-corrected chi connectivity index (χ4v) is 3.85. The van der Waals surface area contributed by atoms with Crippen LogP contribution in [0.2, 0.25) is 0 Å². The van der Waals surface area contributed by atoms with Crippen LogP contribution in [0.25, 0.3) is 5.65 Å². The summed E-state index contributed by atoms with van der Waals surface area (Å²) in [7, 11) is 0. The average molecular weight is 364 g/mol. The Morgan fingerprint density at radius 3 is 2.93 bits per heavy atom. The van der Waals surface area contributed by atoms with Crippen LogP contribution >= 0.6 is 0 Å². The van der Waals surface area contributed by atoms with E-state index in [1.807, 2.05) is 24.5 Å². The summed E-state index contributed by atoms with van der Waals surface area (Å²) in [4.78, 5) is 16.1. The Morgan fingerprint density at radius 2 is 2.11 bits per heavy atom. The van der Waals surface area contributed by atoms with Crippen LogP contribution in [-0.4, -0.2) is 32.7 Å². The van der Waals surface area contributed by atoms with Crippen LogP contribution in [0.15, 0.2) is 55.0 Å². The molecule has 4 rings (SSSR count). The van der Waals surface area contributed by atoms with Crippen molar-refractivity contribution in [1.82, 2.24) is 19.9 Å². The fourth-order valence-electron chi connectivity index (χ4n) is 3.85. The SMILES string of the molecule is CC(=O)N[C@H]1C[C@@H](CCc2ccccc2)O[C@@H](c2cnn3cccnc23)C1. The number of fused-ring (bicyclic) bond motifs is 1. The van der Waals surface area contributed by atoms with Gasteiger partial charge in [0.05, 0.1) is 18.4 Å². The van der Waals surface area contributed by atoms with Crippen molar-refractivity contribution >= 4 is 11.6 Å². The van der Waals surface area contributed by atoms with Gasteiger partial charge < -0.3 is 10.1 Å². The van der Waals surface area contributed by atoms with Crippen molar-refractivity contribution < 1.29 is 9.53 Å². The fraction of sp³-hybridized carbons (Fsp3) is 0.381. The summed E-state index contributed by atoms with van der Waals surface area (Å²) < 4.78 is 8.19. The Hall–Kier alpha value is -2.73. The number of benzene rings is 1. The number of amides is 1. The summed E-state index contributed by atoms with van der Waals surface area (Å²) in [5.74, 6) is 0.000415. The van der Waals surface area contributed by atoms with Gasteiger partial charge in [-0.3, -0.25) is 4.79 Å². The molecule has 140 valence electrons. The third kappa shape index (κ3) is 4.17. The van der Waals surface area contributed by atoms with Crippen LogP contribution in [0.3, 0.4) is 0 Å². The van der Waals surface area contributed by atoms with E-state index in [-0.39, 0.29) is 24.2 Å². The minimum absolute atomic E-state index is 0.000415. The first-order chi connectivity index (χ1) is 13.2. The summed E-state index contributed by atoms with van der Waals surface area (Å²) in [5.41, 5.74) is 3.10. The summed E-state index contributed by atoms with van der Waals surface area (Å²) in [6.07, 6.45) is 8.88. The summed E-state index contributed by atoms with van der Waals surface area (Å²) >= 11 is 0. The van der Waals surface area contributed by atoms with Crippen LogP contribution in [0, 0.1) is 0 Å². The van der Waals surface area contributed by atoms with E-state index in [2.05, 4.69) is 39.7 Å². The van der Waals surface area contributed by atoms with Crippen molar-refractivity contribution in [3.05, 3.63) is 66.1 Å². The van der Waals surface area contributed by atoms with E-state index in [4.69, 9.17) is 4.74 Å². The molecule has 1 N–H and O–H groups in total. The normalized spacial score (nSPS) is 22.6. The van der Waals surface area contributed by atoms with Crippen molar-refractivity contribution in [2.45, 2.75) is 50.9 Å². The minimum Gasteiger partial charge on any atom is -0.370 e. The molecule has 6 heteroatoms. The Bertz CT molecular complexity index is 909. The van der Waals surface area contributed by atoms with Crippen molar-refractivity contribution in [2.75, 3.05) is 0 Å². The lowest BCUT2D eigenvalue weighted by molar-refractivity contribution is -0.122. The van der Waals surface area contributed by atoms with E-state index in [1.165, 1.54) is 5.56 Å². The summed E-state index contributed by atoms with van der Waals surface area (Å²) in [6.45, 7) is 1.57. The largest absolute Gasteiger partial charge is 0.370 e. The number of aromatic nitrogens is 3. The highest BCUT2D eigenvalue weighted by Crippen LogP contribution is 2.34. The molecule has 1 saturated heterocycles. The molecule has 0 bridgehead atoms. The third-order valence-electron chi connectivity index (χ3n) is 5.06. The predicted molar refractivity (Wildman–Crippen MR) is 102 cm³/mol. The Labute approximate surface area is 158 Å². The molecule has 1 amide bonds. The van der Waals surface area contributed by atoms with E-state index in [9.17, 15) is 4.79 Å². The zero-order valence-electron chi connectivity index (χ0n) is 15.4. The number of hydrogen-bond acceptors (Lipinski definition) is 4. The lowest BCUT2D eigenvalue weighted by Gasteiger charge is -2.35. The number of aryl methyl sites for hydroxylation is 1. The number of nitrogens with zero attached hydrogens (tertiary/aromatic N) is 3. The highest BCUT2D eigenvalue weighted by Gasteiger charge is 2.32. The van der Waals surface area contributed by atoms with Gasteiger partial charge in [0.1, 0.15) is 0 Å². The summed E-state index contributed by atoms with van der Waals surface area (Å²) in [5, 5.41) is 7.47. The molecule has 1 aliphatic heterocycles. The molecule has 0 aliphatic carbocycles. The van der Waals surface area contributed by atoms with Crippen molar-refractivity contribution in [3.8, 4) is 0 Å². The van der Waals surface area contributed by atoms with Crippen LogP contribution in [0.1, 0.15) is 43.4 Å². The van der Waals surface area contributed by atoms with Gasteiger partial charge in [0, 0.05) is 30.9 Å². The molecular formula is C21H24N4O2. The molecule has 3 atom stereocenters. The van der Waals surface area contributed by atoms with E-state index >= 15 is 0 Å². The lowest BCUT2D eigenvalue weighted by Crippen LogP contribution is -2.42. The second-order valence-corrected chi connectivity index (χ2v) is 7.13. The number of hydrogen-bond donors (Lipinski definition) is 1. The van der Waals surface area contributed by atoms with E-state index in [0.717, 1.165) is 36.9 Å². The molecule has 3 heterocycles. The van der Waals surface area contributed by atoms with Crippen molar-refractivity contribution in [2.24, 2.45) is 0 Å². The molecule has 0 unspecified atom stereocenters. The van der Waals surface area contributed by atoms with Crippen molar-refractivity contribution in [3.63, 3.8) is 0 Å². The van der Waals surface area contributed by atoms with Crippen LogP contribution in [0.4, 0.5) is 0 Å². The first-order valence-corrected chi connectivity index (χ1v) is 9.44. The van der Waals surface area contributed by atoms with E-state index < -0.39 is 0 Å². The number of rotatable bonds is 5. The zero-order chi connectivity index (χ0) is 18.6. The molecule has 27 heavy (non-hydrogen) atoms. The number of carbonyl (C=O) groups is 1. The van der Waals surface area contributed by atoms with Gasteiger partial charge in [0.2, 0.25) is 5.91 Å². The lowest BCUT2D eigenvalue weighted by atomic mass is 9.92. The maximum Gasteiger partial charge on any atom is 0.217 e.